The number of aliphatic imine (C=N–C) groups is 1. The van der Waals surface area contributed by atoms with Crippen molar-refractivity contribution in [1.29, 1.82) is 0 Å². The Morgan fingerprint density at radius 1 is 1.35 bits per heavy atom. The molecule has 0 spiro atoms. The Labute approximate surface area is 130 Å². The third kappa shape index (κ3) is 4.80. The van der Waals surface area contributed by atoms with Gasteiger partial charge in [-0.3, -0.25) is 4.99 Å². The molecule has 1 aliphatic heterocycles. The van der Waals surface area contributed by atoms with Gasteiger partial charge in [0.2, 0.25) is 0 Å². The van der Waals surface area contributed by atoms with Crippen molar-refractivity contribution in [1.82, 2.24) is 0 Å². The number of hydrogen-bond donors (Lipinski definition) is 0. The molecular formula is C18H31NS. The molecule has 0 fully saturated rings. The molecule has 0 saturated carbocycles. The minimum Gasteiger partial charge on any atom is -0.289 e. The normalized spacial score (nSPS) is 22.8. The van der Waals surface area contributed by atoms with E-state index in [1.165, 1.54) is 33.9 Å². The summed E-state index contributed by atoms with van der Waals surface area (Å²) < 4.78 is 0. The lowest BCUT2D eigenvalue weighted by molar-refractivity contribution is 0.531. The number of thioether (sulfide) groups is 1. The lowest BCUT2D eigenvalue weighted by atomic mass is 9.94. The zero-order chi connectivity index (χ0) is 15.3. The minimum atomic E-state index is 0.240. The molecule has 2 heteroatoms. The fourth-order valence-electron chi connectivity index (χ4n) is 2.37. The SMILES string of the molecule is CC/N=C1/CC=C(C(C)(C)C)S/C1=C(\C)C[C@@H](C)CC. The fourth-order valence-corrected chi connectivity index (χ4v) is 3.59. The summed E-state index contributed by atoms with van der Waals surface area (Å²) in [4.78, 5) is 7.66. The Balaban J connectivity index is 3.09. The zero-order valence-electron chi connectivity index (χ0n) is 14.3. The van der Waals surface area contributed by atoms with Crippen LogP contribution >= 0.6 is 11.8 Å². The van der Waals surface area contributed by atoms with Crippen molar-refractivity contribution in [2.45, 2.75) is 67.7 Å². The van der Waals surface area contributed by atoms with Crippen molar-refractivity contribution in [3.8, 4) is 0 Å². The Kier molecular flexibility index (Phi) is 6.57. The smallest absolute Gasteiger partial charge is 0.0524 e. The first-order valence-electron chi connectivity index (χ1n) is 7.91. The predicted octanol–water partition coefficient (Wildman–Crippen LogP) is 6.22. The molecule has 0 unspecified atom stereocenters. The zero-order valence-corrected chi connectivity index (χ0v) is 15.2. The van der Waals surface area contributed by atoms with E-state index in [2.05, 4.69) is 54.5 Å². The van der Waals surface area contributed by atoms with Crippen LogP contribution in [0.2, 0.25) is 0 Å². The van der Waals surface area contributed by atoms with Crippen LogP contribution < -0.4 is 0 Å². The lowest BCUT2D eigenvalue weighted by Crippen LogP contribution is -2.15. The third-order valence-corrected chi connectivity index (χ3v) is 5.57. The van der Waals surface area contributed by atoms with E-state index in [0.29, 0.717) is 0 Å². The van der Waals surface area contributed by atoms with E-state index in [9.17, 15) is 0 Å². The summed E-state index contributed by atoms with van der Waals surface area (Å²) in [6, 6.07) is 0. The average Bonchev–Trinajstić information content (AvgIpc) is 2.37. The second-order valence-corrected chi connectivity index (χ2v) is 7.92. The molecule has 1 nitrogen and oxygen atoms in total. The summed E-state index contributed by atoms with van der Waals surface area (Å²) in [6.07, 6.45) is 5.82. The van der Waals surface area contributed by atoms with Crippen LogP contribution in [0.3, 0.4) is 0 Å². The Hall–Kier alpha value is -0.500. The standard InChI is InChI=1S/C18H31NS/c1-8-13(3)12-14(4)17-15(19-9-2)10-11-16(20-17)18(5,6)7/h11,13H,8-10,12H2,1-7H3/b17-14+,19-15-/t13-/m0/s1. The van der Waals surface area contributed by atoms with Gasteiger partial charge in [-0.15, -0.1) is 0 Å². The van der Waals surface area contributed by atoms with Crippen LogP contribution in [0.5, 0.6) is 0 Å². The molecule has 0 N–H and O–H groups in total. The van der Waals surface area contributed by atoms with Gasteiger partial charge in [0.05, 0.1) is 5.71 Å². The topological polar surface area (TPSA) is 12.4 Å². The minimum absolute atomic E-state index is 0.240. The Bertz CT molecular complexity index is 421. The average molecular weight is 294 g/mol. The van der Waals surface area contributed by atoms with E-state index in [1.54, 1.807) is 0 Å². The number of nitrogens with zero attached hydrogens (tertiary/aromatic N) is 1. The summed E-state index contributed by atoms with van der Waals surface area (Å²) >= 11 is 1.96. The maximum absolute atomic E-state index is 4.73. The molecule has 0 aromatic rings. The highest BCUT2D eigenvalue weighted by Gasteiger charge is 2.25. The molecule has 1 rings (SSSR count). The van der Waals surface area contributed by atoms with Crippen LogP contribution in [0.4, 0.5) is 0 Å². The summed E-state index contributed by atoms with van der Waals surface area (Å²) in [7, 11) is 0. The van der Waals surface area contributed by atoms with Gasteiger partial charge >= 0.3 is 0 Å². The molecule has 1 heterocycles. The van der Waals surface area contributed by atoms with Crippen molar-refractivity contribution >= 4 is 17.5 Å². The van der Waals surface area contributed by atoms with E-state index in [0.717, 1.165) is 18.9 Å². The van der Waals surface area contributed by atoms with Crippen molar-refractivity contribution in [3.05, 3.63) is 21.5 Å². The van der Waals surface area contributed by atoms with Crippen LogP contribution in [-0.2, 0) is 0 Å². The largest absolute Gasteiger partial charge is 0.289 e. The van der Waals surface area contributed by atoms with Gasteiger partial charge in [-0.05, 0) is 36.5 Å². The van der Waals surface area contributed by atoms with Crippen molar-refractivity contribution in [2.24, 2.45) is 16.3 Å². The molecule has 20 heavy (non-hydrogen) atoms. The van der Waals surface area contributed by atoms with E-state index < -0.39 is 0 Å². The van der Waals surface area contributed by atoms with E-state index in [4.69, 9.17) is 4.99 Å². The first-order valence-corrected chi connectivity index (χ1v) is 8.73. The number of hydrogen-bond acceptors (Lipinski definition) is 2. The molecule has 0 aromatic carbocycles. The van der Waals surface area contributed by atoms with Gasteiger partial charge in [-0.25, -0.2) is 0 Å². The highest BCUT2D eigenvalue weighted by molar-refractivity contribution is 8.07. The quantitative estimate of drug-likeness (QED) is 0.599. The van der Waals surface area contributed by atoms with E-state index >= 15 is 0 Å². The monoisotopic (exact) mass is 293 g/mol. The molecule has 0 radical (unpaired) electrons. The first kappa shape index (κ1) is 17.6. The molecule has 0 bridgehead atoms. The molecule has 0 amide bonds. The van der Waals surface area contributed by atoms with Gasteiger partial charge < -0.3 is 0 Å². The molecule has 0 aromatic heterocycles. The molecular weight excluding hydrogens is 262 g/mol. The van der Waals surface area contributed by atoms with Crippen LogP contribution in [-0.4, -0.2) is 12.3 Å². The highest BCUT2D eigenvalue weighted by atomic mass is 32.2. The molecule has 114 valence electrons. The molecule has 0 aliphatic carbocycles. The highest BCUT2D eigenvalue weighted by Crippen LogP contribution is 2.44. The van der Waals surface area contributed by atoms with Crippen molar-refractivity contribution in [3.63, 3.8) is 0 Å². The van der Waals surface area contributed by atoms with Crippen LogP contribution in [0, 0.1) is 11.3 Å². The summed E-state index contributed by atoms with van der Waals surface area (Å²) in [6.45, 7) is 16.8. The maximum Gasteiger partial charge on any atom is 0.0524 e. The van der Waals surface area contributed by atoms with Gasteiger partial charge in [-0.2, -0.15) is 0 Å². The number of rotatable bonds is 4. The van der Waals surface area contributed by atoms with Crippen LogP contribution in [0.25, 0.3) is 0 Å². The molecule has 1 aliphatic rings. The van der Waals surface area contributed by atoms with Crippen LogP contribution in [0.15, 0.2) is 26.5 Å². The van der Waals surface area contributed by atoms with E-state index in [1.807, 2.05) is 11.8 Å². The van der Waals surface area contributed by atoms with Gasteiger partial charge in [0, 0.05) is 17.9 Å². The second kappa shape index (κ2) is 7.49. The molecule has 1 atom stereocenters. The summed E-state index contributed by atoms with van der Waals surface area (Å²) in [5.41, 5.74) is 3.06. The van der Waals surface area contributed by atoms with Crippen LogP contribution in [0.1, 0.15) is 67.7 Å². The third-order valence-electron chi connectivity index (χ3n) is 3.78. The van der Waals surface area contributed by atoms with Gasteiger partial charge in [0.15, 0.2) is 0 Å². The predicted molar refractivity (Wildman–Crippen MR) is 94.5 cm³/mol. The summed E-state index contributed by atoms with van der Waals surface area (Å²) in [5.74, 6) is 0.759. The molecule has 0 saturated heterocycles. The van der Waals surface area contributed by atoms with Crippen molar-refractivity contribution in [2.75, 3.05) is 6.54 Å². The van der Waals surface area contributed by atoms with Crippen molar-refractivity contribution < 1.29 is 0 Å². The van der Waals surface area contributed by atoms with Gasteiger partial charge in [0.25, 0.3) is 0 Å². The Morgan fingerprint density at radius 3 is 2.50 bits per heavy atom. The number of allylic oxidation sites excluding steroid dienone is 4. The fraction of sp³-hybridized carbons (Fsp3) is 0.722. The summed E-state index contributed by atoms with van der Waals surface area (Å²) in [5, 5.41) is 0. The van der Waals surface area contributed by atoms with E-state index in [-0.39, 0.29) is 5.41 Å². The van der Waals surface area contributed by atoms with Gasteiger partial charge in [0.1, 0.15) is 0 Å². The lowest BCUT2D eigenvalue weighted by Gasteiger charge is -2.29. The Morgan fingerprint density at radius 2 is 2.00 bits per heavy atom. The van der Waals surface area contributed by atoms with Gasteiger partial charge in [-0.1, -0.05) is 64.5 Å². The first-order chi connectivity index (χ1) is 9.29. The maximum atomic E-state index is 4.73. The second-order valence-electron chi connectivity index (χ2n) is 6.87.